The molecule has 40 heavy (non-hydrogen) atoms. The molecular weight excluding hydrogens is 538 g/mol. The van der Waals surface area contributed by atoms with Gasteiger partial charge in [-0.3, -0.25) is 19.8 Å². The van der Waals surface area contributed by atoms with E-state index in [0.29, 0.717) is 56.7 Å². The Morgan fingerprint density at radius 3 is 2.58 bits per heavy atom. The van der Waals surface area contributed by atoms with Gasteiger partial charge in [0.15, 0.2) is 0 Å². The first-order valence-electron chi connectivity index (χ1n) is 13.7. The Morgan fingerprint density at radius 1 is 1.15 bits per heavy atom. The van der Waals surface area contributed by atoms with Gasteiger partial charge in [0.25, 0.3) is 5.92 Å². The third kappa shape index (κ3) is 6.46. The highest BCUT2D eigenvalue weighted by atomic mass is 32.1. The van der Waals surface area contributed by atoms with Crippen LogP contribution in [-0.2, 0) is 33.8 Å². The molecule has 2 unspecified atom stereocenters. The summed E-state index contributed by atoms with van der Waals surface area (Å²) in [6.07, 6.45) is 1.38. The second-order valence-corrected chi connectivity index (χ2v) is 12.9. The summed E-state index contributed by atoms with van der Waals surface area (Å²) in [4.78, 5) is 40.5. The van der Waals surface area contributed by atoms with E-state index in [-0.39, 0.29) is 30.9 Å². The number of nitrogens with one attached hydrogen (secondary N) is 2. The van der Waals surface area contributed by atoms with Crippen LogP contribution in [0.3, 0.4) is 0 Å². The number of thiophene rings is 1. The number of hydrogen-bond donors (Lipinski definition) is 2. The first-order valence-corrected chi connectivity index (χ1v) is 14.6. The fourth-order valence-corrected chi connectivity index (χ4v) is 6.76. The number of rotatable bonds is 5. The summed E-state index contributed by atoms with van der Waals surface area (Å²) < 4.78 is 36.3. The molecule has 1 aromatic carbocycles. The number of carbonyl (C=O) groups is 3. The topological polar surface area (TPSA) is 91.0 Å². The third-order valence-corrected chi connectivity index (χ3v) is 8.71. The number of fused-ring (bicyclic) bond motifs is 1. The van der Waals surface area contributed by atoms with E-state index in [4.69, 9.17) is 4.74 Å². The van der Waals surface area contributed by atoms with Gasteiger partial charge in [-0.1, -0.05) is 12.1 Å². The van der Waals surface area contributed by atoms with E-state index in [0.717, 1.165) is 10.4 Å². The molecule has 4 heterocycles. The zero-order valence-corrected chi connectivity index (χ0v) is 23.9. The molecule has 2 saturated heterocycles. The second-order valence-electron chi connectivity index (χ2n) is 11.9. The number of ether oxygens (including phenoxy) is 1. The van der Waals surface area contributed by atoms with Crippen molar-refractivity contribution in [1.29, 1.82) is 0 Å². The van der Waals surface area contributed by atoms with Crippen LogP contribution in [0.2, 0.25) is 0 Å². The molecule has 2 N–H and O–H groups in total. The number of nitrogens with zero attached hydrogens (tertiary/aromatic N) is 2. The summed E-state index contributed by atoms with van der Waals surface area (Å²) in [6, 6.07) is 6.33. The summed E-state index contributed by atoms with van der Waals surface area (Å²) in [6.45, 7) is 7.29. The molecule has 3 aliphatic heterocycles. The van der Waals surface area contributed by atoms with Crippen molar-refractivity contribution in [1.82, 2.24) is 15.1 Å². The number of carbonyl (C=O) groups excluding carboxylic acids is 3. The molecule has 0 aliphatic carbocycles. The van der Waals surface area contributed by atoms with Crippen LogP contribution in [0.5, 0.6) is 0 Å². The van der Waals surface area contributed by atoms with E-state index in [1.54, 1.807) is 40.5 Å². The molecule has 11 heteroatoms. The Kier molecular flexibility index (Phi) is 7.89. The highest BCUT2D eigenvalue weighted by molar-refractivity contribution is 7.10. The van der Waals surface area contributed by atoms with Crippen molar-refractivity contribution in [3.05, 3.63) is 51.2 Å². The first kappa shape index (κ1) is 28.5. The Balaban J connectivity index is 1.17. The van der Waals surface area contributed by atoms with Crippen molar-refractivity contribution in [3.8, 4) is 0 Å². The quantitative estimate of drug-likeness (QED) is 0.495. The second kappa shape index (κ2) is 11.1. The molecule has 0 bridgehead atoms. The van der Waals surface area contributed by atoms with Crippen LogP contribution < -0.4 is 10.6 Å². The molecule has 5 rings (SSSR count). The fraction of sp³-hybridized carbons (Fsp3) is 0.552. The summed E-state index contributed by atoms with van der Waals surface area (Å²) in [7, 11) is 0. The minimum Gasteiger partial charge on any atom is -0.444 e. The monoisotopic (exact) mass is 574 g/mol. The number of halogens is 2. The van der Waals surface area contributed by atoms with Crippen molar-refractivity contribution in [2.24, 2.45) is 0 Å². The van der Waals surface area contributed by atoms with Crippen molar-refractivity contribution < 1.29 is 27.9 Å². The van der Waals surface area contributed by atoms with Crippen LogP contribution in [0.4, 0.5) is 19.3 Å². The predicted molar refractivity (Wildman–Crippen MR) is 148 cm³/mol. The molecule has 2 atom stereocenters. The third-order valence-electron chi connectivity index (χ3n) is 7.65. The number of benzene rings is 1. The molecule has 8 nitrogen and oxygen atoms in total. The minimum absolute atomic E-state index is 0.269. The van der Waals surface area contributed by atoms with Crippen molar-refractivity contribution >= 4 is 34.9 Å². The van der Waals surface area contributed by atoms with Gasteiger partial charge in [-0.05, 0) is 80.8 Å². The summed E-state index contributed by atoms with van der Waals surface area (Å²) >= 11 is 1.58. The molecule has 0 radical (unpaired) electrons. The zero-order chi connectivity index (χ0) is 28.7. The van der Waals surface area contributed by atoms with Gasteiger partial charge >= 0.3 is 6.09 Å². The number of hydrogen-bond acceptors (Lipinski definition) is 7. The Bertz CT molecular complexity index is 1270. The van der Waals surface area contributed by atoms with Gasteiger partial charge < -0.3 is 15.0 Å². The first-order chi connectivity index (χ1) is 18.9. The smallest absolute Gasteiger partial charge is 0.410 e. The molecular formula is C29H36F2N4O4S. The number of piperidine rings is 2. The lowest BCUT2D eigenvalue weighted by Gasteiger charge is -2.39. The molecule has 2 fully saturated rings. The average molecular weight is 575 g/mol. The maximum atomic E-state index is 15.4. The highest BCUT2D eigenvalue weighted by Crippen LogP contribution is 2.41. The normalized spacial score (nSPS) is 23.4. The lowest BCUT2D eigenvalue weighted by Crippen LogP contribution is -2.47. The fourth-order valence-electron chi connectivity index (χ4n) is 5.65. The van der Waals surface area contributed by atoms with Crippen LogP contribution in [0.25, 0.3) is 0 Å². The largest absolute Gasteiger partial charge is 0.444 e. The van der Waals surface area contributed by atoms with Crippen LogP contribution in [0.1, 0.15) is 67.5 Å². The van der Waals surface area contributed by atoms with Crippen molar-refractivity contribution in [2.75, 3.05) is 25.0 Å². The zero-order valence-electron chi connectivity index (χ0n) is 23.1. The Morgan fingerprint density at radius 2 is 1.90 bits per heavy atom. The number of imide groups is 1. The van der Waals surface area contributed by atoms with E-state index in [9.17, 15) is 14.4 Å². The van der Waals surface area contributed by atoms with Gasteiger partial charge in [0.05, 0.1) is 19.0 Å². The molecule has 3 amide bonds. The van der Waals surface area contributed by atoms with E-state index in [1.165, 1.54) is 5.56 Å². The van der Waals surface area contributed by atoms with Crippen LogP contribution in [0, 0.1) is 0 Å². The average Bonchev–Trinajstić information content (AvgIpc) is 3.27. The molecule has 0 spiro atoms. The molecule has 2 aromatic rings. The molecule has 0 saturated carbocycles. The Labute approximate surface area is 237 Å². The summed E-state index contributed by atoms with van der Waals surface area (Å²) in [5.74, 6) is -4.42. The maximum Gasteiger partial charge on any atom is 0.410 e. The van der Waals surface area contributed by atoms with Crippen LogP contribution >= 0.6 is 11.3 Å². The van der Waals surface area contributed by atoms with E-state index in [1.807, 2.05) is 31.1 Å². The molecule has 3 aliphatic rings. The van der Waals surface area contributed by atoms with Crippen LogP contribution in [-0.4, -0.2) is 64.9 Å². The van der Waals surface area contributed by atoms with Gasteiger partial charge in [-0.25, -0.2) is 13.6 Å². The van der Waals surface area contributed by atoms with E-state index in [2.05, 4.69) is 10.6 Å². The van der Waals surface area contributed by atoms with Gasteiger partial charge in [-0.15, -0.1) is 11.3 Å². The van der Waals surface area contributed by atoms with Gasteiger partial charge in [-0.2, -0.15) is 0 Å². The van der Waals surface area contributed by atoms with Crippen molar-refractivity contribution in [3.63, 3.8) is 0 Å². The number of amides is 3. The van der Waals surface area contributed by atoms with Gasteiger partial charge in [0, 0.05) is 30.1 Å². The van der Waals surface area contributed by atoms with Gasteiger partial charge in [0.1, 0.15) is 11.6 Å². The lowest BCUT2D eigenvalue weighted by molar-refractivity contribution is -0.133. The summed E-state index contributed by atoms with van der Waals surface area (Å²) in [5, 5.41) is 7.44. The maximum absolute atomic E-state index is 15.4. The van der Waals surface area contributed by atoms with Gasteiger partial charge in [0.2, 0.25) is 11.8 Å². The molecule has 1 aromatic heterocycles. The van der Waals surface area contributed by atoms with E-state index < -0.39 is 23.5 Å². The number of likely N-dealkylation sites (tertiary alicyclic amines) is 1. The molecule has 216 valence electrons. The van der Waals surface area contributed by atoms with Crippen LogP contribution in [0.15, 0.2) is 29.6 Å². The standard InChI is InChI=1S/C29H36F2N4O4S/c1-28(2,3)39-27(38)35-13-10-21-19(16-40-24(21)15-35)14-34-12-11-22(29(30,31)17-34)18-4-6-20(7-5-18)32-23-8-9-25(36)33-26(23)37/h4-7,16,22-23,32H,8-15,17H2,1-3H3,(H,33,36,37). The predicted octanol–water partition coefficient (Wildman–Crippen LogP) is 4.88. The minimum atomic E-state index is -2.89. The Hall–Kier alpha value is -3.05. The number of alkyl halides is 2. The van der Waals surface area contributed by atoms with E-state index >= 15 is 8.78 Å². The number of anilines is 1. The summed E-state index contributed by atoms with van der Waals surface area (Å²) in [5.41, 5.74) is 2.93. The SMILES string of the molecule is CC(C)(C)OC(=O)N1CCc2c(CN3CCC(c4ccc(NC5CCC(=O)NC5=O)cc4)C(F)(F)C3)csc2C1. The van der Waals surface area contributed by atoms with Crippen molar-refractivity contribution in [2.45, 2.75) is 83.0 Å². The highest BCUT2D eigenvalue weighted by Gasteiger charge is 2.45. The lowest BCUT2D eigenvalue weighted by atomic mass is 9.86.